The lowest BCUT2D eigenvalue weighted by Crippen LogP contribution is -2.60. The van der Waals surface area contributed by atoms with Crippen molar-refractivity contribution < 1.29 is 50.0 Å². The number of rotatable bonds is 58. The van der Waals surface area contributed by atoms with E-state index in [9.17, 15) is 40.5 Å². The van der Waals surface area contributed by atoms with Gasteiger partial charge in [0.15, 0.2) is 6.29 Å². The molecule has 0 bridgehead atoms. The second-order valence-electron chi connectivity index (χ2n) is 23.5. The van der Waals surface area contributed by atoms with Crippen LogP contribution in [-0.2, 0) is 14.3 Å². The van der Waals surface area contributed by atoms with Crippen molar-refractivity contribution in [3.8, 4) is 0 Å². The van der Waals surface area contributed by atoms with E-state index >= 15 is 0 Å². The number of amides is 1. The lowest BCUT2D eigenvalue weighted by Gasteiger charge is -2.40. The van der Waals surface area contributed by atoms with Gasteiger partial charge in [0.25, 0.3) is 0 Å². The number of allylic oxidation sites excluding steroid dienone is 6. The van der Waals surface area contributed by atoms with Gasteiger partial charge in [-0.1, -0.05) is 288 Å². The molecule has 8 N–H and O–H groups in total. The predicted octanol–water partition coefficient (Wildman–Crippen LogP) is 15.4. The Morgan fingerprint density at radius 1 is 0.436 bits per heavy atom. The molecule has 0 aromatic rings. The third kappa shape index (κ3) is 43.1. The smallest absolute Gasteiger partial charge is 0.249 e. The molecule has 1 heterocycles. The van der Waals surface area contributed by atoms with Crippen LogP contribution >= 0.6 is 0 Å². The number of nitrogens with one attached hydrogen (secondary N) is 1. The molecule has 1 fully saturated rings. The predicted molar refractivity (Wildman–Crippen MR) is 325 cm³/mol. The Hall–Kier alpha value is -1.67. The van der Waals surface area contributed by atoms with Crippen molar-refractivity contribution >= 4 is 5.91 Å². The third-order valence-electron chi connectivity index (χ3n) is 16.2. The van der Waals surface area contributed by atoms with Crippen molar-refractivity contribution in [3.63, 3.8) is 0 Å². The summed E-state index contributed by atoms with van der Waals surface area (Å²) < 4.78 is 11.2. The lowest BCUT2D eigenvalue weighted by molar-refractivity contribution is -0.303. The number of aliphatic hydroxyl groups excluding tert-OH is 7. The average molecular weight is 1110 g/mol. The first-order valence-electron chi connectivity index (χ1n) is 33.4. The molecule has 78 heavy (non-hydrogen) atoms. The van der Waals surface area contributed by atoms with Gasteiger partial charge in [0.05, 0.1) is 25.4 Å². The summed E-state index contributed by atoms with van der Waals surface area (Å²) in [5, 5.41) is 76.4. The van der Waals surface area contributed by atoms with E-state index in [0.29, 0.717) is 19.3 Å². The molecule has 1 aliphatic heterocycles. The zero-order valence-electron chi connectivity index (χ0n) is 50.7. The number of carbonyl (C=O) groups excluding carboxylic acids is 1. The maximum absolute atomic E-state index is 13.2. The van der Waals surface area contributed by atoms with E-state index in [0.717, 1.165) is 44.9 Å². The molecule has 1 saturated heterocycles. The number of ether oxygens (including phenoxy) is 2. The summed E-state index contributed by atoms with van der Waals surface area (Å²) >= 11 is 0. The van der Waals surface area contributed by atoms with Gasteiger partial charge >= 0.3 is 0 Å². The Balaban J connectivity index is 2.26. The Bertz CT molecular complexity index is 1360. The minimum atomic E-state index is -1.67. The van der Waals surface area contributed by atoms with Gasteiger partial charge in [-0.15, -0.1) is 0 Å². The number of unbranched alkanes of at least 4 members (excludes halogenated alkanes) is 40. The van der Waals surface area contributed by atoms with Crippen LogP contribution in [0.1, 0.15) is 316 Å². The zero-order chi connectivity index (χ0) is 56.8. The van der Waals surface area contributed by atoms with Gasteiger partial charge in [0, 0.05) is 0 Å². The van der Waals surface area contributed by atoms with E-state index < -0.39 is 74.2 Å². The van der Waals surface area contributed by atoms with Crippen LogP contribution in [0.2, 0.25) is 0 Å². The standard InChI is InChI=1S/C67H127NO10/c1-3-5-7-9-11-13-15-17-19-21-23-25-27-29-30-31-33-35-37-39-41-43-45-47-49-51-53-55-60(71)66(76)68-58(57-77-67-65(75)64(74)63(73)61(56-69)78-67)62(72)59(70)54-52-50-48-46-44-42-40-38-36-34-32-28-26-24-22-20-18-16-14-12-10-8-6-4-2/h28,32,38,40,46,48,58-65,67,69-75H,3-27,29-31,33-37,39,41-45,47,49-57H2,1-2H3,(H,68,76)/b32-28+,40-38+,48-46+. The fourth-order valence-electron chi connectivity index (χ4n) is 10.8. The normalized spacial score (nSPS) is 19.6. The minimum Gasteiger partial charge on any atom is -0.394 e. The minimum absolute atomic E-state index is 0.243. The average Bonchev–Trinajstić information content (AvgIpc) is 3.46. The second-order valence-corrected chi connectivity index (χ2v) is 23.5. The van der Waals surface area contributed by atoms with Crippen molar-refractivity contribution in [3.05, 3.63) is 36.5 Å². The molecule has 9 atom stereocenters. The molecule has 0 aromatic heterocycles. The fraction of sp³-hybridized carbons (Fsp3) is 0.896. The van der Waals surface area contributed by atoms with E-state index in [1.165, 1.54) is 225 Å². The number of hydrogen-bond acceptors (Lipinski definition) is 10. The van der Waals surface area contributed by atoms with Crippen molar-refractivity contribution in [2.24, 2.45) is 0 Å². The van der Waals surface area contributed by atoms with E-state index in [2.05, 4.69) is 55.6 Å². The molecule has 0 aliphatic carbocycles. The highest BCUT2D eigenvalue weighted by atomic mass is 16.7. The van der Waals surface area contributed by atoms with Crippen molar-refractivity contribution in [2.75, 3.05) is 13.2 Å². The van der Waals surface area contributed by atoms with Crippen LogP contribution in [0.15, 0.2) is 36.5 Å². The van der Waals surface area contributed by atoms with Gasteiger partial charge in [-0.05, 0) is 64.2 Å². The van der Waals surface area contributed by atoms with Crippen LogP contribution in [0.25, 0.3) is 0 Å². The molecule has 0 radical (unpaired) electrons. The van der Waals surface area contributed by atoms with Gasteiger partial charge in [-0.25, -0.2) is 0 Å². The molecule has 1 aliphatic rings. The van der Waals surface area contributed by atoms with Crippen molar-refractivity contribution in [1.82, 2.24) is 5.32 Å². The molecule has 460 valence electrons. The first-order valence-corrected chi connectivity index (χ1v) is 33.4. The van der Waals surface area contributed by atoms with Crippen LogP contribution in [0.3, 0.4) is 0 Å². The number of aliphatic hydroxyl groups is 7. The molecule has 0 saturated carbocycles. The molecule has 0 aromatic carbocycles. The molecule has 11 nitrogen and oxygen atoms in total. The Morgan fingerprint density at radius 3 is 1.14 bits per heavy atom. The summed E-state index contributed by atoms with van der Waals surface area (Å²) in [6, 6.07) is -1.19. The summed E-state index contributed by atoms with van der Waals surface area (Å²) in [5.74, 6) is -0.707. The SMILES string of the molecule is CCCCCCCCCCCCC/C=C/CC/C=C/CC/C=C/CCCC(O)C(O)C(COC1OC(CO)C(O)C(O)C1O)NC(=O)C(O)CCCCCCCCCCCCCCCCCCCCCCCCCCCCC. The summed E-state index contributed by atoms with van der Waals surface area (Å²) in [6.45, 7) is 3.48. The molecule has 11 heteroatoms. The van der Waals surface area contributed by atoms with Crippen molar-refractivity contribution in [2.45, 2.75) is 371 Å². The van der Waals surface area contributed by atoms with Crippen LogP contribution in [0.4, 0.5) is 0 Å². The van der Waals surface area contributed by atoms with E-state index in [1.807, 2.05) is 0 Å². The Morgan fingerprint density at radius 2 is 0.769 bits per heavy atom. The quantitative estimate of drug-likeness (QED) is 0.0215. The summed E-state index contributed by atoms with van der Waals surface area (Å²) in [5.41, 5.74) is 0. The van der Waals surface area contributed by atoms with Crippen LogP contribution in [-0.4, -0.2) is 110 Å². The first kappa shape index (κ1) is 74.3. The van der Waals surface area contributed by atoms with Gasteiger partial charge in [0.1, 0.15) is 36.6 Å². The van der Waals surface area contributed by atoms with E-state index in [-0.39, 0.29) is 12.8 Å². The highest BCUT2D eigenvalue weighted by molar-refractivity contribution is 5.80. The van der Waals surface area contributed by atoms with Gasteiger partial charge < -0.3 is 50.5 Å². The molecule has 1 amide bonds. The van der Waals surface area contributed by atoms with Gasteiger partial charge in [-0.2, -0.15) is 0 Å². The number of carbonyl (C=O) groups is 1. The Kier molecular flexibility index (Phi) is 53.2. The number of hydrogen-bond donors (Lipinski definition) is 8. The Labute approximate surface area is 479 Å². The summed E-state index contributed by atoms with van der Waals surface area (Å²) in [4.78, 5) is 13.2. The fourth-order valence-corrected chi connectivity index (χ4v) is 10.8. The monoisotopic (exact) mass is 1110 g/mol. The topological polar surface area (TPSA) is 189 Å². The van der Waals surface area contributed by atoms with Crippen LogP contribution in [0.5, 0.6) is 0 Å². The summed E-state index contributed by atoms with van der Waals surface area (Å²) in [7, 11) is 0. The molecular formula is C67H127NO10. The van der Waals surface area contributed by atoms with Crippen LogP contribution < -0.4 is 5.32 Å². The largest absolute Gasteiger partial charge is 0.394 e. The van der Waals surface area contributed by atoms with Crippen LogP contribution in [0, 0.1) is 0 Å². The van der Waals surface area contributed by atoms with Gasteiger partial charge in [0.2, 0.25) is 5.91 Å². The molecule has 1 rings (SSSR count). The van der Waals surface area contributed by atoms with Gasteiger partial charge in [-0.3, -0.25) is 4.79 Å². The molecule has 0 spiro atoms. The summed E-state index contributed by atoms with van der Waals surface area (Å²) in [6.07, 6.45) is 59.3. The lowest BCUT2D eigenvalue weighted by atomic mass is 9.98. The van der Waals surface area contributed by atoms with Crippen molar-refractivity contribution in [1.29, 1.82) is 0 Å². The van der Waals surface area contributed by atoms with E-state index in [4.69, 9.17) is 9.47 Å². The zero-order valence-corrected chi connectivity index (χ0v) is 50.7. The first-order chi connectivity index (χ1) is 38.2. The maximum atomic E-state index is 13.2. The second kappa shape index (κ2) is 55.8. The van der Waals surface area contributed by atoms with E-state index in [1.54, 1.807) is 0 Å². The highest BCUT2D eigenvalue weighted by Gasteiger charge is 2.44. The molecule has 9 unspecified atom stereocenters. The third-order valence-corrected chi connectivity index (χ3v) is 16.2. The molecular weight excluding hydrogens is 979 g/mol. The highest BCUT2D eigenvalue weighted by Crippen LogP contribution is 2.24. The maximum Gasteiger partial charge on any atom is 0.249 e.